The Bertz CT molecular complexity index is 731. The van der Waals surface area contributed by atoms with E-state index in [-0.39, 0.29) is 5.56 Å². The average Bonchev–Trinajstić information content (AvgIpc) is 2.50. The zero-order chi connectivity index (χ0) is 15.2. The van der Waals surface area contributed by atoms with Gasteiger partial charge in [-0.2, -0.15) is 10.4 Å². The van der Waals surface area contributed by atoms with Gasteiger partial charge >= 0.3 is 0 Å². The number of ether oxygens (including phenoxy) is 1. The van der Waals surface area contributed by atoms with Crippen LogP contribution >= 0.6 is 0 Å². The zero-order valence-corrected chi connectivity index (χ0v) is 12.0. The van der Waals surface area contributed by atoms with Gasteiger partial charge in [0.1, 0.15) is 11.8 Å². The maximum atomic E-state index is 12.0. The van der Waals surface area contributed by atoms with Crippen molar-refractivity contribution in [2.75, 3.05) is 19.0 Å². The third-order valence-corrected chi connectivity index (χ3v) is 2.97. The van der Waals surface area contributed by atoms with Crippen molar-refractivity contribution in [3.05, 3.63) is 51.9 Å². The van der Waals surface area contributed by atoms with Gasteiger partial charge in [-0.1, -0.05) is 6.07 Å². The molecule has 0 bridgehead atoms. The van der Waals surface area contributed by atoms with Crippen LogP contribution in [0, 0.1) is 11.3 Å². The van der Waals surface area contributed by atoms with Crippen LogP contribution in [0.4, 0.5) is 5.69 Å². The van der Waals surface area contributed by atoms with Crippen LogP contribution in [-0.2, 0) is 6.54 Å². The van der Waals surface area contributed by atoms with Gasteiger partial charge < -0.3 is 10.1 Å². The van der Waals surface area contributed by atoms with Crippen molar-refractivity contribution in [1.29, 1.82) is 5.26 Å². The predicted octanol–water partition coefficient (Wildman–Crippen LogP) is 1.60. The lowest BCUT2D eigenvalue weighted by Crippen LogP contribution is -2.23. The van der Waals surface area contributed by atoms with E-state index in [1.54, 1.807) is 18.3 Å². The summed E-state index contributed by atoms with van der Waals surface area (Å²) in [6.07, 6.45) is 1.61. The summed E-state index contributed by atoms with van der Waals surface area (Å²) >= 11 is 0. The second-order valence-corrected chi connectivity index (χ2v) is 4.42. The first kappa shape index (κ1) is 14.6. The molecule has 0 saturated heterocycles. The van der Waals surface area contributed by atoms with Crippen molar-refractivity contribution < 1.29 is 4.74 Å². The lowest BCUT2D eigenvalue weighted by molar-refractivity contribution is 0.413. The van der Waals surface area contributed by atoms with Crippen molar-refractivity contribution >= 4 is 5.69 Å². The minimum absolute atomic E-state index is 0.192. The number of nitriles is 1. The molecule has 0 aliphatic rings. The highest BCUT2D eigenvalue weighted by Crippen LogP contribution is 2.19. The van der Waals surface area contributed by atoms with E-state index in [1.807, 2.05) is 13.0 Å². The van der Waals surface area contributed by atoms with Crippen LogP contribution in [0.15, 0.2) is 35.3 Å². The molecule has 1 aromatic carbocycles. The highest BCUT2D eigenvalue weighted by atomic mass is 16.5. The van der Waals surface area contributed by atoms with Crippen LogP contribution in [0.3, 0.4) is 0 Å². The van der Waals surface area contributed by atoms with Gasteiger partial charge in [0.25, 0.3) is 5.56 Å². The number of benzene rings is 1. The molecule has 0 aliphatic heterocycles. The topological polar surface area (TPSA) is 79.9 Å². The minimum atomic E-state index is -0.192. The number of methoxy groups -OCH3 is 1. The molecule has 0 fully saturated rings. The molecular formula is C15H16N4O2. The Kier molecular flexibility index (Phi) is 4.57. The second-order valence-electron chi connectivity index (χ2n) is 4.42. The second kappa shape index (κ2) is 6.57. The van der Waals surface area contributed by atoms with Crippen LogP contribution in [0.2, 0.25) is 0 Å². The molecule has 6 heteroatoms. The summed E-state index contributed by atoms with van der Waals surface area (Å²) in [5.74, 6) is 0.518. The quantitative estimate of drug-likeness (QED) is 0.902. The molecule has 108 valence electrons. The van der Waals surface area contributed by atoms with Crippen molar-refractivity contribution in [3.63, 3.8) is 0 Å². The van der Waals surface area contributed by atoms with Crippen molar-refractivity contribution in [1.82, 2.24) is 9.78 Å². The molecule has 0 spiro atoms. The lowest BCUT2D eigenvalue weighted by atomic mass is 10.1. The Morgan fingerprint density at radius 3 is 2.86 bits per heavy atom. The molecule has 21 heavy (non-hydrogen) atoms. The molecule has 0 radical (unpaired) electrons. The minimum Gasteiger partial charge on any atom is -0.495 e. The van der Waals surface area contributed by atoms with Gasteiger partial charge in [0.05, 0.1) is 31.1 Å². The van der Waals surface area contributed by atoms with Crippen LogP contribution in [0.5, 0.6) is 5.75 Å². The van der Waals surface area contributed by atoms with Gasteiger partial charge in [-0.05, 0) is 24.6 Å². The van der Waals surface area contributed by atoms with Crippen LogP contribution in [-0.4, -0.2) is 23.4 Å². The smallest absolute Gasteiger partial charge is 0.269 e. The monoisotopic (exact) mass is 284 g/mol. The first-order chi connectivity index (χ1) is 10.2. The lowest BCUT2D eigenvalue weighted by Gasteiger charge is -2.08. The van der Waals surface area contributed by atoms with E-state index in [9.17, 15) is 4.79 Å². The summed E-state index contributed by atoms with van der Waals surface area (Å²) < 4.78 is 6.44. The summed E-state index contributed by atoms with van der Waals surface area (Å²) in [7, 11) is 1.52. The van der Waals surface area contributed by atoms with Crippen LogP contribution < -0.4 is 15.6 Å². The van der Waals surface area contributed by atoms with E-state index in [1.165, 1.54) is 17.9 Å². The van der Waals surface area contributed by atoms with Gasteiger partial charge in [-0.3, -0.25) is 4.79 Å². The van der Waals surface area contributed by atoms with E-state index in [0.29, 0.717) is 23.5 Å². The fourth-order valence-corrected chi connectivity index (χ4v) is 1.97. The van der Waals surface area contributed by atoms with Gasteiger partial charge in [0.15, 0.2) is 0 Å². The molecular weight excluding hydrogens is 268 g/mol. The van der Waals surface area contributed by atoms with Crippen molar-refractivity contribution in [3.8, 4) is 11.8 Å². The first-order valence-electron chi connectivity index (χ1n) is 6.56. The number of nitrogens with one attached hydrogen (secondary N) is 1. The molecule has 1 aromatic heterocycles. The third-order valence-electron chi connectivity index (χ3n) is 2.97. The van der Waals surface area contributed by atoms with Crippen molar-refractivity contribution in [2.45, 2.75) is 13.5 Å². The zero-order valence-electron chi connectivity index (χ0n) is 12.0. The third kappa shape index (κ3) is 3.39. The number of anilines is 1. The maximum absolute atomic E-state index is 12.0. The van der Waals surface area contributed by atoms with Gasteiger partial charge in [-0.25, -0.2) is 4.68 Å². The Labute approximate surface area is 122 Å². The Morgan fingerprint density at radius 1 is 1.43 bits per heavy atom. The molecule has 2 aromatic rings. The summed E-state index contributed by atoms with van der Waals surface area (Å²) in [6.45, 7) is 2.99. The molecule has 1 heterocycles. The summed E-state index contributed by atoms with van der Waals surface area (Å²) in [4.78, 5) is 12.0. The number of rotatable bonds is 5. The van der Waals surface area contributed by atoms with Crippen LogP contribution in [0.25, 0.3) is 0 Å². The fourth-order valence-electron chi connectivity index (χ4n) is 1.97. The van der Waals surface area contributed by atoms with Crippen molar-refractivity contribution in [2.24, 2.45) is 0 Å². The van der Waals surface area contributed by atoms with E-state index in [0.717, 1.165) is 12.1 Å². The summed E-state index contributed by atoms with van der Waals surface area (Å²) in [5.41, 5.74) is 1.76. The number of nitrogens with zero attached hydrogens (tertiary/aromatic N) is 3. The van der Waals surface area contributed by atoms with Gasteiger partial charge in [0.2, 0.25) is 0 Å². The standard InChI is InChI=1S/C15H16N4O2/c1-3-17-13-7-15(20)19(18-9-13)10-11-4-5-14(21-2)12(6-11)8-16/h4-7,9,17H,3,10H2,1-2H3. The number of hydrogen-bond acceptors (Lipinski definition) is 5. The molecule has 0 aliphatic carbocycles. The van der Waals surface area contributed by atoms with E-state index in [4.69, 9.17) is 10.00 Å². The van der Waals surface area contributed by atoms with E-state index >= 15 is 0 Å². The van der Waals surface area contributed by atoms with Gasteiger partial charge in [0, 0.05) is 12.6 Å². The number of aromatic nitrogens is 2. The summed E-state index contributed by atoms with van der Waals surface area (Å²) in [6, 6.07) is 8.80. The summed E-state index contributed by atoms with van der Waals surface area (Å²) in [5, 5.41) is 16.2. The van der Waals surface area contributed by atoms with E-state index in [2.05, 4.69) is 16.5 Å². The molecule has 0 atom stereocenters. The maximum Gasteiger partial charge on any atom is 0.269 e. The SMILES string of the molecule is CCNc1cnn(Cc2ccc(OC)c(C#N)c2)c(=O)c1. The molecule has 0 saturated carbocycles. The number of hydrogen-bond donors (Lipinski definition) is 1. The molecule has 1 N–H and O–H groups in total. The fraction of sp³-hybridized carbons (Fsp3) is 0.267. The molecule has 2 rings (SSSR count). The largest absolute Gasteiger partial charge is 0.495 e. The van der Waals surface area contributed by atoms with Gasteiger partial charge in [-0.15, -0.1) is 0 Å². The first-order valence-corrected chi connectivity index (χ1v) is 6.56. The van der Waals surface area contributed by atoms with Crippen LogP contribution in [0.1, 0.15) is 18.1 Å². The van der Waals surface area contributed by atoms with E-state index < -0.39 is 0 Å². The highest BCUT2D eigenvalue weighted by Gasteiger charge is 2.06. The Hall–Kier alpha value is -2.81. The predicted molar refractivity (Wildman–Crippen MR) is 79.5 cm³/mol. The molecule has 0 unspecified atom stereocenters. The molecule has 6 nitrogen and oxygen atoms in total. The average molecular weight is 284 g/mol. The Balaban J connectivity index is 2.26. The Morgan fingerprint density at radius 2 is 2.24 bits per heavy atom. The molecule has 0 amide bonds. The normalized spacial score (nSPS) is 9.95. The highest BCUT2D eigenvalue weighted by molar-refractivity contribution is 5.45.